The van der Waals surface area contributed by atoms with Crippen LogP contribution in [0.4, 0.5) is 0 Å². The molecule has 1 aliphatic rings. The van der Waals surface area contributed by atoms with Gasteiger partial charge in [-0.25, -0.2) is 0 Å². The Morgan fingerprint density at radius 3 is 2.50 bits per heavy atom. The second-order valence-electron chi connectivity index (χ2n) is 4.35. The van der Waals surface area contributed by atoms with Crippen LogP contribution in [0.3, 0.4) is 0 Å². The molecule has 1 fully saturated rings. The molecule has 3 nitrogen and oxygen atoms in total. The van der Waals surface area contributed by atoms with Gasteiger partial charge < -0.3 is 0 Å². The van der Waals surface area contributed by atoms with Gasteiger partial charge in [-0.15, -0.1) is 0 Å². The molecule has 1 aliphatic heterocycles. The Kier molecular flexibility index (Phi) is 3.67. The summed E-state index contributed by atoms with van der Waals surface area (Å²) < 4.78 is 0. The van der Waals surface area contributed by atoms with Crippen molar-refractivity contribution in [3.8, 4) is 0 Å². The van der Waals surface area contributed by atoms with Gasteiger partial charge in [0.1, 0.15) is 0 Å². The fourth-order valence-electron chi connectivity index (χ4n) is 1.84. The van der Waals surface area contributed by atoms with Crippen molar-refractivity contribution in [1.29, 1.82) is 0 Å². The first-order valence-corrected chi connectivity index (χ1v) is 5.40. The summed E-state index contributed by atoms with van der Waals surface area (Å²) in [6.07, 6.45) is 2.32. The van der Waals surface area contributed by atoms with E-state index < -0.39 is 0 Å². The van der Waals surface area contributed by atoms with Gasteiger partial charge in [0.25, 0.3) is 0 Å². The number of carbonyl (C=O) groups is 2. The van der Waals surface area contributed by atoms with E-state index in [4.69, 9.17) is 0 Å². The summed E-state index contributed by atoms with van der Waals surface area (Å²) in [5, 5.41) is 0. The maximum atomic E-state index is 11.7. The van der Waals surface area contributed by atoms with Crippen LogP contribution in [0.2, 0.25) is 0 Å². The summed E-state index contributed by atoms with van der Waals surface area (Å²) in [4.78, 5) is 24.4. The predicted molar refractivity (Wildman–Crippen MR) is 54.6 cm³/mol. The summed E-state index contributed by atoms with van der Waals surface area (Å²) in [6.45, 7) is 6.65. The van der Waals surface area contributed by atoms with E-state index in [0.29, 0.717) is 18.9 Å². The van der Waals surface area contributed by atoms with Crippen LogP contribution in [-0.2, 0) is 9.59 Å². The van der Waals surface area contributed by atoms with E-state index in [-0.39, 0.29) is 17.7 Å². The van der Waals surface area contributed by atoms with Gasteiger partial charge in [-0.3, -0.25) is 14.5 Å². The fraction of sp³-hybridized carbons (Fsp3) is 0.818. The second-order valence-corrected chi connectivity index (χ2v) is 4.35. The number of carbonyl (C=O) groups excluding carboxylic acids is 2. The van der Waals surface area contributed by atoms with Crippen molar-refractivity contribution in [3.05, 3.63) is 0 Å². The first-order chi connectivity index (χ1) is 6.56. The SMILES string of the molecule is CCN1C(=O)CC(CCC(C)C)C1=O. The number of hydrogen-bond acceptors (Lipinski definition) is 2. The van der Waals surface area contributed by atoms with Crippen molar-refractivity contribution in [2.75, 3.05) is 6.54 Å². The number of likely N-dealkylation sites (tertiary alicyclic amines) is 1. The second kappa shape index (κ2) is 4.58. The Morgan fingerprint density at radius 2 is 2.07 bits per heavy atom. The van der Waals surface area contributed by atoms with Gasteiger partial charge in [0.2, 0.25) is 11.8 Å². The van der Waals surface area contributed by atoms with Crippen LogP contribution in [0.5, 0.6) is 0 Å². The van der Waals surface area contributed by atoms with E-state index >= 15 is 0 Å². The summed E-state index contributed by atoms with van der Waals surface area (Å²) in [6, 6.07) is 0. The Bertz CT molecular complexity index is 235. The smallest absolute Gasteiger partial charge is 0.232 e. The molecule has 0 aromatic carbocycles. The van der Waals surface area contributed by atoms with Crippen LogP contribution in [0.25, 0.3) is 0 Å². The summed E-state index contributed by atoms with van der Waals surface area (Å²) in [5.41, 5.74) is 0. The summed E-state index contributed by atoms with van der Waals surface area (Å²) in [7, 11) is 0. The van der Waals surface area contributed by atoms with Crippen LogP contribution in [0.1, 0.15) is 40.0 Å². The van der Waals surface area contributed by atoms with Crippen LogP contribution in [0.15, 0.2) is 0 Å². The van der Waals surface area contributed by atoms with Crippen molar-refractivity contribution < 1.29 is 9.59 Å². The zero-order chi connectivity index (χ0) is 10.7. The monoisotopic (exact) mass is 197 g/mol. The van der Waals surface area contributed by atoms with E-state index in [0.717, 1.165) is 12.8 Å². The van der Waals surface area contributed by atoms with Crippen molar-refractivity contribution in [2.45, 2.75) is 40.0 Å². The molecule has 1 atom stereocenters. The fourth-order valence-corrected chi connectivity index (χ4v) is 1.84. The van der Waals surface area contributed by atoms with Gasteiger partial charge in [0.05, 0.1) is 0 Å². The first-order valence-electron chi connectivity index (χ1n) is 5.40. The van der Waals surface area contributed by atoms with Gasteiger partial charge >= 0.3 is 0 Å². The molecule has 0 saturated carbocycles. The van der Waals surface area contributed by atoms with Crippen LogP contribution < -0.4 is 0 Å². The normalized spacial score (nSPS) is 22.6. The Morgan fingerprint density at radius 1 is 1.43 bits per heavy atom. The largest absolute Gasteiger partial charge is 0.283 e. The lowest BCUT2D eigenvalue weighted by atomic mass is 9.97. The molecule has 0 aromatic heterocycles. The van der Waals surface area contributed by atoms with Gasteiger partial charge in [0, 0.05) is 18.9 Å². The predicted octanol–water partition coefficient (Wildman–Crippen LogP) is 1.82. The number of amides is 2. The van der Waals surface area contributed by atoms with E-state index in [2.05, 4.69) is 13.8 Å². The van der Waals surface area contributed by atoms with Crippen LogP contribution in [-0.4, -0.2) is 23.3 Å². The van der Waals surface area contributed by atoms with E-state index in [1.165, 1.54) is 4.90 Å². The molecule has 0 aromatic rings. The topological polar surface area (TPSA) is 37.4 Å². The zero-order valence-electron chi connectivity index (χ0n) is 9.25. The average Bonchev–Trinajstić information content (AvgIpc) is 2.38. The Hall–Kier alpha value is -0.860. The molecule has 0 bridgehead atoms. The average molecular weight is 197 g/mol. The number of rotatable bonds is 4. The first kappa shape index (κ1) is 11.2. The van der Waals surface area contributed by atoms with Crippen LogP contribution in [0, 0.1) is 11.8 Å². The van der Waals surface area contributed by atoms with E-state index in [1.54, 1.807) is 0 Å². The molecular formula is C11H19NO2. The molecule has 0 aliphatic carbocycles. The Balaban J connectivity index is 2.49. The molecule has 80 valence electrons. The molecule has 1 heterocycles. The highest BCUT2D eigenvalue weighted by atomic mass is 16.2. The molecular weight excluding hydrogens is 178 g/mol. The number of nitrogens with zero attached hydrogens (tertiary/aromatic N) is 1. The molecule has 0 spiro atoms. The standard InChI is InChI=1S/C11H19NO2/c1-4-12-10(13)7-9(11(12)14)6-5-8(2)3/h8-9H,4-7H2,1-3H3. The highest BCUT2D eigenvalue weighted by Gasteiger charge is 2.36. The van der Waals surface area contributed by atoms with Gasteiger partial charge in [0.15, 0.2) is 0 Å². The third-order valence-corrected chi connectivity index (χ3v) is 2.75. The molecule has 3 heteroatoms. The van der Waals surface area contributed by atoms with Crippen molar-refractivity contribution in [3.63, 3.8) is 0 Å². The minimum absolute atomic E-state index is 0.00579. The van der Waals surface area contributed by atoms with Crippen LogP contribution >= 0.6 is 0 Å². The molecule has 0 N–H and O–H groups in total. The maximum Gasteiger partial charge on any atom is 0.232 e. The van der Waals surface area contributed by atoms with E-state index in [9.17, 15) is 9.59 Å². The molecule has 2 amide bonds. The molecule has 1 rings (SSSR count). The van der Waals surface area contributed by atoms with Crippen molar-refractivity contribution >= 4 is 11.8 Å². The Labute approximate surface area is 85.5 Å². The number of hydrogen-bond donors (Lipinski definition) is 0. The quantitative estimate of drug-likeness (QED) is 0.645. The molecule has 1 unspecified atom stereocenters. The summed E-state index contributed by atoms with van der Waals surface area (Å²) >= 11 is 0. The van der Waals surface area contributed by atoms with Crippen molar-refractivity contribution in [1.82, 2.24) is 4.90 Å². The molecule has 1 saturated heterocycles. The zero-order valence-corrected chi connectivity index (χ0v) is 9.25. The highest BCUT2D eigenvalue weighted by Crippen LogP contribution is 2.25. The lowest BCUT2D eigenvalue weighted by molar-refractivity contribution is -0.139. The summed E-state index contributed by atoms with van der Waals surface area (Å²) in [5.74, 6) is 0.614. The maximum absolute atomic E-state index is 11.7. The van der Waals surface area contributed by atoms with Gasteiger partial charge in [-0.05, 0) is 19.3 Å². The number of imide groups is 1. The molecule has 0 radical (unpaired) electrons. The van der Waals surface area contributed by atoms with Crippen molar-refractivity contribution in [2.24, 2.45) is 11.8 Å². The lowest BCUT2D eigenvalue weighted by Crippen LogP contribution is -2.30. The molecule has 14 heavy (non-hydrogen) atoms. The lowest BCUT2D eigenvalue weighted by Gasteiger charge is -2.12. The minimum atomic E-state index is -0.0372. The van der Waals surface area contributed by atoms with E-state index in [1.807, 2.05) is 6.92 Å². The highest BCUT2D eigenvalue weighted by molar-refractivity contribution is 6.03. The third kappa shape index (κ3) is 2.34. The minimum Gasteiger partial charge on any atom is -0.283 e. The third-order valence-electron chi connectivity index (χ3n) is 2.75. The van der Waals surface area contributed by atoms with Gasteiger partial charge in [-0.1, -0.05) is 20.3 Å². The van der Waals surface area contributed by atoms with Gasteiger partial charge in [-0.2, -0.15) is 0 Å².